The standard InChI is InChI=1S/C19H22N4O/c1-15(16-5-3-7-18(13-16)24-2)22-9-11-23(12-10-22)19-8-4-6-17(14-20)21-19/h3-8,13,15H,9-12H2,1-2H3. The van der Waals surface area contributed by atoms with E-state index in [9.17, 15) is 0 Å². The van der Waals surface area contributed by atoms with Crippen molar-refractivity contribution in [2.75, 3.05) is 38.2 Å². The molecule has 2 aromatic rings. The first-order chi connectivity index (χ1) is 11.7. The van der Waals surface area contributed by atoms with Crippen LogP contribution in [0.5, 0.6) is 5.75 Å². The zero-order valence-corrected chi connectivity index (χ0v) is 14.1. The summed E-state index contributed by atoms with van der Waals surface area (Å²) in [4.78, 5) is 9.11. The highest BCUT2D eigenvalue weighted by atomic mass is 16.5. The lowest BCUT2D eigenvalue weighted by Crippen LogP contribution is -2.47. The molecule has 1 aliphatic heterocycles. The average Bonchev–Trinajstić information content (AvgIpc) is 2.67. The molecule has 0 N–H and O–H groups in total. The summed E-state index contributed by atoms with van der Waals surface area (Å²) in [7, 11) is 1.70. The second kappa shape index (κ2) is 7.33. The van der Waals surface area contributed by atoms with Gasteiger partial charge >= 0.3 is 0 Å². The summed E-state index contributed by atoms with van der Waals surface area (Å²) < 4.78 is 5.33. The van der Waals surface area contributed by atoms with Crippen molar-refractivity contribution in [2.45, 2.75) is 13.0 Å². The van der Waals surface area contributed by atoms with Gasteiger partial charge in [0.15, 0.2) is 0 Å². The zero-order chi connectivity index (χ0) is 16.9. The van der Waals surface area contributed by atoms with E-state index in [2.05, 4.69) is 39.9 Å². The minimum Gasteiger partial charge on any atom is -0.497 e. The lowest BCUT2D eigenvalue weighted by molar-refractivity contribution is 0.198. The number of hydrogen-bond acceptors (Lipinski definition) is 5. The van der Waals surface area contributed by atoms with Crippen molar-refractivity contribution in [1.29, 1.82) is 5.26 Å². The summed E-state index contributed by atoms with van der Waals surface area (Å²) in [6.07, 6.45) is 0. The molecule has 0 radical (unpaired) electrons. The van der Waals surface area contributed by atoms with Gasteiger partial charge in [0.2, 0.25) is 0 Å². The summed E-state index contributed by atoms with van der Waals surface area (Å²) >= 11 is 0. The van der Waals surface area contributed by atoms with E-state index in [1.807, 2.05) is 24.3 Å². The van der Waals surface area contributed by atoms with Crippen molar-refractivity contribution < 1.29 is 4.74 Å². The topological polar surface area (TPSA) is 52.4 Å². The maximum Gasteiger partial charge on any atom is 0.142 e. The van der Waals surface area contributed by atoms with Crippen LogP contribution in [-0.2, 0) is 0 Å². The lowest BCUT2D eigenvalue weighted by atomic mass is 10.1. The molecule has 2 heterocycles. The van der Waals surface area contributed by atoms with E-state index in [0.717, 1.165) is 37.7 Å². The van der Waals surface area contributed by atoms with Crippen molar-refractivity contribution in [3.63, 3.8) is 0 Å². The molecular formula is C19H22N4O. The van der Waals surface area contributed by atoms with Crippen molar-refractivity contribution >= 4 is 5.82 Å². The first-order valence-electron chi connectivity index (χ1n) is 8.21. The van der Waals surface area contributed by atoms with Gasteiger partial charge in [-0.2, -0.15) is 5.26 Å². The highest BCUT2D eigenvalue weighted by molar-refractivity contribution is 5.42. The molecule has 0 bridgehead atoms. The molecular weight excluding hydrogens is 300 g/mol. The Hall–Kier alpha value is -2.58. The Kier molecular flexibility index (Phi) is 4.97. The quantitative estimate of drug-likeness (QED) is 0.866. The molecule has 3 rings (SSSR count). The van der Waals surface area contributed by atoms with Gasteiger partial charge in [-0.15, -0.1) is 0 Å². The number of hydrogen-bond donors (Lipinski definition) is 0. The number of methoxy groups -OCH3 is 1. The SMILES string of the molecule is COc1cccc(C(C)N2CCN(c3cccc(C#N)n3)CC2)c1. The fourth-order valence-corrected chi connectivity index (χ4v) is 3.11. The molecule has 1 atom stereocenters. The fourth-order valence-electron chi connectivity index (χ4n) is 3.11. The fraction of sp³-hybridized carbons (Fsp3) is 0.368. The van der Waals surface area contributed by atoms with Gasteiger partial charge in [0.1, 0.15) is 23.3 Å². The molecule has 5 heteroatoms. The lowest BCUT2D eigenvalue weighted by Gasteiger charge is -2.38. The van der Waals surface area contributed by atoms with Gasteiger partial charge < -0.3 is 9.64 Å². The molecule has 1 fully saturated rings. The Balaban J connectivity index is 1.65. The van der Waals surface area contributed by atoms with Gasteiger partial charge in [0.25, 0.3) is 0 Å². The predicted octanol–water partition coefficient (Wildman–Crippen LogP) is 2.85. The van der Waals surface area contributed by atoms with Gasteiger partial charge in [-0.05, 0) is 36.8 Å². The molecule has 0 saturated carbocycles. The van der Waals surface area contributed by atoms with Crippen LogP contribution in [0.15, 0.2) is 42.5 Å². The highest BCUT2D eigenvalue weighted by Crippen LogP contribution is 2.25. The first-order valence-corrected chi connectivity index (χ1v) is 8.21. The monoisotopic (exact) mass is 322 g/mol. The molecule has 1 aromatic heterocycles. The van der Waals surface area contributed by atoms with Crippen LogP contribution < -0.4 is 9.64 Å². The van der Waals surface area contributed by atoms with E-state index in [4.69, 9.17) is 10.00 Å². The van der Waals surface area contributed by atoms with Gasteiger partial charge in [-0.3, -0.25) is 4.90 Å². The van der Waals surface area contributed by atoms with Crippen LogP contribution in [-0.4, -0.2) is 43.2 Å². The maximum atomic E-state index is 8.99. The van der Waals surface area contributed by atoms with Crippen molar-refractivity contribution in [1.82, 2.24) is 9.88 Å². The molecule has 1 unspecified atom stereocenters. The summed E-state index contributed by atoms with van der Waals surface area (Å²) in [5.41, 5.74) is 1.74. The molecule has 0 aliphatic carbocycles. The number of nitriles is 1. The number of pyridine rings is 1. The molecule has 1 aromatic carbocycles. The van der Waals surface area contributed by atoms with E-state index in [1.165, 1.54) is 5.56 Å². The molecule has 1 saturated heterocycles. The Morgan fingerprint density at radius 1 is 1.12 bits per heavy atom. The molecule has 1 aliphatic rings. The number of piperazine rings is 1. The Bertz CT molecular complexity index is 732. The predicted molar refractivity (Wildman–Crippen MR) is 94.1 cm³/mol. The third-order valence-electron chi connectivity index (χ3n) is 4.61. The van der Waals surface area contributed by atoms with E-state index in [1.54, 1.807) is 13.2 Å². The third kappa shape index (κ3) is 3.50. The number of nitrogens with zero attached hydrogens (tertiary/aromatic N) is 4. The van der Waals surface area contributed by atoms with Crippen LogP contribution in [0.2, 0.25) is 0 Å². The maximum absolute atomic E-state index is 8.99. The summed E-state index contributed by atoms with van der Waals surface area (Å²) in [6.45, 7) is 6.00. The van der Waals surface area contributed by atoms with Crippen molar-refractivity contribution in [3.8, 4) is 11.8 Å². The highest BCUT2D eigenvalue weighted by Gasteiger charge is 2.23. The second-order valence-corrected chi connectivity index (χ2v) is 5.97. The van der Waals surface area contributed by atoms with Crippen molar-refractivity contribution in [3.05, 3.63) is 53.7 Å². The number of benzene rings is 1. The van der Waals surface area contributed by atoms with Crippen LogP contribution in [0, 0.1) is 11.3 Å². The van der Waals surface area contributed by atoms with E-state index in [-0.39, 0.29) is 0 Å². The smallest absolute Gasteiger partial charge is 0.142 e. The summed E-state index contributed by atoms with van der Waals surface area (Å²) in [5, 5.41) is 8.99. The molecule has 124 valence electrons. The zero-order valence-electron chi connectivity index (χ0n) is 14.1. The Morgan fingerprint density at radius 3 is 2.58 bits per heavy atom. The second-order valence-electron chi connectivity index (χ2n) is 5.97. The molecule has 24 heavy (non-hydrogen) atoms. The Morgan fingerprint density at radius 2 is 1.88 bits per heavy atom. The van der Waals surface area contributed by atoms with Crippen LogP contribution in [0.3, 0.4) is 0 Å². The van der Waals surface area contributed by atoms with Crippen LogP contribution in [0.1, 0.15) is 24.2 Å². The van der Waals surface area contributed by atoms with Gasteiger partial charge in [0.05, 0.1) is 7.11 Å². The van der Waals surface area contributed by atoms with Crippen LogP contribution in [0.4, 0.5) is 5.82 Å². The summed E-state index contributed by atoms with van der Waals surface area (Å²) in [6, 6.07) is 16.3. The number of ether oxygens (including phenoxy) is 1. The molecule has 0 amide bonds. The average molecular weight is 322 g/mol. The third-order valence-corrected chi connectivity index (χ3v) is 4.61. The largest absolute Gasteiger partial charge is 0.497 e. The number of aromatic nitrogens is 1. The van der Waals surface area contributed by atoms with Crippen molar-refractivity contribution in [2.24, 2.45) is 0 Å². The van der Waals surface area contributed by atoms with E-state index in [0.29, 0.717) is 11.7 Å². The first kappa shape index (κ1) is 16.3. The van der Waals surface area contributed by atoms with Gasteiger partial charge in [-0.1, -0.05) is 18.2 Å². The Labute approximate surface area is 143 Å². The van der Waals surface area contributed by atoms with Gasteiger partial charge in [-0.25, -0.2) is 4.98 Å². The molecule has 5 nitrogen and oxygen atoms in total. The number of anilines is 1. The minimum atomic E-state index is 0.348. The van der Waals surface area contributed by atoms with Crippen LogP contribution in [0.25, 0.3) is 0 Å². The summed E-state index contributed by atoms with van der Waals surface area (Å²) in [5.74, 6) is 1.79. The number of rotatable bonds is 4. The minimum absolute atomic E-state index is 0.348. The van der Waals surface area contributed by atoms with Gasteiger partial charge in [0, 0.05) is 32.2 Å². The normalized spacial score (nSPS) is 16.5. The van der Waals surface area contributed by atoms with E-state index < -0.39 is 0 Å². The van der Waals surface area contributed by atoms with Crippen LogP contribution >= 0.6 is 0 Å². The molecule has 0 spiro atoms. The van der Waals surface area contributed by atoms with E-state index >= 15 is 0 Å².